The van der Waals surface area contributed by atoms with Gasteiger partial charge < -0.3 is 10.4 Å². The standard InChI is InChI=1S/C24H17Cl5N2O3/c25-15-5-14(6-16(26)7-15)21-22(24(21,28)29)23(34)31-17-1-2-19(27)18(8-17)20(33)4-12-3-13(11-32)10-30-9-12/h1-3,5-10,21-22,32H,4,11H2,(H,31,34)/t21-,22+/m0/s1. The van der Waals surface area contributed by atoms with Crippen LogP contribution in [0.15, 0.2) is 54.9 Å². The topological polar surface area (TPSA) is 79.3 Å². The molecule has 0 bridgehead atoms. The van der Waals surface area contributed by atoms with E-state index in [9.17, 15) is 14.7 Å². The van der Waals surface area contributed by atoms with Gasteiger partial charge in [-0.25, -0.2) is 0 Å². The van der Waals surface area contributed by atoms with Crippen molar-refractivity contribution in [3.05, 3.63) is 92.2 Å². The molecule has 5 nitrogen and oxygen atoms in total. The fourth-order valence-electron chi connectivity index (χ4n) is 3.86. The molecule has 176 valence electrons. The molecule has 1 aromatic heterocycles. The number of alkyl halides is 2. The molecule has 4 rings (SSSR count). The third-order valence-electron chi connectivity index (χ3n) is 5.51. The van der Waals surface area contributed by atoms with E-state index < -0.39 is 22.1 Å². The molecule has 1 amide bonds. The van der Waals surface area contributed by atoms with Crippen LogP contribution in [-0.4, -0.2) is 26.1 Å². The fourth-order valence-corrected chi connectivity index (χ4v) is 5.46. The first kappa shape index (κ1) is 25.2. The molecular formula is C24H17Cl5N2O3. The Labute approximate surface area is 220 Å². The van der Waals surface area contributed by atoms with Crippen LogP contribution in [0.2, 0.25) is 15.1 Å². The Bertz CT molecular complexity index is 1260. The summed E-state index contributed by atoms with van der Waals surface area (Å²) < 4.78 is -1.33. The van der Waals surface area contributed by atoms with Crippen molar-refractivity contribution < 1.29 is 14.7 Å². The molecule has 0 radical (unpaired) electrons. The van der Waals surface area contributed by atoms with Gasteiger partial charge in [-0.2, -0.15) is 0 Å². The fraction of sp³-hybridized carbons (Fsp3) is 0.208. The van der Waals surface area contributed by atoms with Crippen LogP contribution >= 0.6 is 58.0 Å². The van der Waals surface area contributed by atoms with Gasteiger partial charge in [0, 0.05) is 46.0 Å². The van der Waals surface area contributed by atoms with Crippen LogP contribution in [0, 0.1) is 5.92 Å². The van der Waals surface area contributed by atoms with Crippen LogP contribution in [0.1, 0.15) is 33.0 Å². The van der Waals surface area contributed by atoms with E-state index in [2.05, 4.69) is 10.3 Å². The third kappa shape index (κ3) is 5.35. The zero-order valence-corrected chi connectivity index (χ0v) is 21.1. The Morgan fingerprint density at radius 2 is 1.65 bits per heavy atom. The number of hydrogen-bond donors (Lipinski definition) is 2. The number of anilines is 1. The van der Waals surface area contributed by atoms with Crippen molar-refractivity contribution in [3.63, 3.8) is 0 Å². The molecule has 1 aliphatic carbocycles. The van der Waals surface area contributed by atoms with Gasteiger partial charge in [0.05, 0.1) is 17.5 Å². The monoisotopic (exact) mass is 556 g/mol. The number of nitrogens with zero attached hydrogens (tertiary/aromatic N) is 1. The number of pyridine rings is 1. The number of aliphatic hydroxyl groups is 1. The summed E-state index contributed by atoms with van der Waals surface area (Å²) in [5.74, 6) is -1.91. The van der Waals surface area contributed by atoms with E-state index >= 15 is 0 Å². The predicted molar refractivity (Wildman–Crippen MR) is 135 cm³/mol. The van der Waals surface area contributed by atoms with Crippen molar-refractivity contribution in [2.24, 2.45) is 5.92 Å². The molecule has 0 saturated heterocycles. The molecule has 2 atom stereocenters. The number of carbonyl (C=O) groups is 2. The summed E-state index contributed by atoms with van der Waals surface area (Å²) in [7, 11) is 0. The Kier molecular flexibility index (Phi) is 7.44. The number of amides is 1. The number of halogens is 5. The van der Waals surface area contributed by atoms with E-state index in [0.717, 1.165) is 0 Å². The summed E-state index contributed by atoms with van der Waals surface area (Å²) in [5, 5.41) is 13.1. The molecule has 10 heteroatoms. The second-order valence-corrected chi connectivity index (χ2v) is 10.7. The van der Waals surface area contributed by atoms with E-state index in [0.29, 0.717) is 32.4 Å². The lowest BCUT2D eigenvalue weighted by atomic mass is 10.0. The van der Waals surface area contributed by atoms with Gasteiger partial charge in [0.1, 0.15) is 4.33 Å². The normalized spacial score (nSPS) is 18.4. The summed E-state index contributed by atoms with van der Waals surface area (Å²) in [5.41, 5.74) is 2.51. The zero-order chi connectivity index (χ0) is 24.6. The van der Waals surface area contributed by atoms with Gasteiger partial charge in [0.25, 0.3) is 0 Å². The first-order valence-corrected chi connectivity index (χ1v) is 12.0. The van der Waals surface area contributed by atoms with Crippen LogP contribution < -0.4 is 5.32 Å². The molecule has 1 heterocycles. The highest BCUT2D eigenvalue weighted by atomic mass is 35.5. The summed E-state index contributed by atoms with van der Waals surface area (Å²) >= 11 is 31.2. The second kappa shape index (κ2) is 10.0. The number of rotatable bonds is 7. The van der Waals surface area contributed by atoms with Crippen molar-refractivity contribution in [1.29, 1.82) is 0 Å². The van der Waals surface area contributed by atoms with Crippen molar-refractivity contribution in [2.45, 2.75) is 23.3 Å². The lowest BCUT2D eigenvalue weighted by Gasteiger charge is -2.10. The molecule has 3 aromatic rings. The van der Waals surface area contributed by atoms with Gasteiger partial charge >= 0.3 is 0 Å². The molecule has 2 N–H and O–H groups in total. The number of Topliss-reactive ketones (excluding diaryl/α,β-unsaturated/α-hetero) is 1. The van der Waals surface area contributed by atoms with Crippen LogP contribution in [0.4, 0.5) is 5.69 Å². The van der Waals surface area contributed by atoms with E-state index in [-0.39, 0.29) is 29.4 Å². The van der Waals surface area contributed by atoms with Crippen LogP contribution in [0.5, 0.6) is 0 Å². The molecule has 1 aliphatic rings. The van der Waals surface area contributed by atoms with Crippen molar-refractivity contribution in [1.82, 2.24) is 4.98 Å². The van der Waals surface area contributed by atoms with Crippen molar-refractivity contribution in [3.8, 4) is 0 Å². The molecule has 0 spiro atoms. The number of aliphatic hydroxyl groups excluding tert-OH is 1. The number of hydrogen-bond acceptors (Lipinski definition) is 4. The van der Waals surface area contributed by atoms with E-state index in [4.69, 9.17) is 58.0 Å². The Balaban J connectivity index is 1.50. The van der Waals surface area contributed by atoms with Crippen molar-refractivity contribution in [2.75, 3.05) is 5.32 Å². The van der Waals surface area contributed by atoms with Crippen molar-refractivity contribution >= 4 is 75.4 Å². The van der Waals surface area contributed by atoms with Gasteiger partial charge in [-0.1, -0.05) is 34.8 Å². The highest BCUT2D eigenvalue weighted by molar-refractivity contribution is 6.53. The molecule has 34 heavy (non-hydrogen) atoms. The maximum absolute atomic E-state index is 13.0. The van der Waals surface area contributed by atoms with E-state index in [1.807, 2.05) is 0 Å². The van der Waals surface area contributed by atoms with Gasteiger partial charge in [-0.15, -0.1) is 23.2 Å². The average Bonchev–Trinajstić information content (AvgIpc) is 3.36. The van der Waals surface area contributed by atoms with Crippen LogP contribution in [0.3, 0.4) is 0 Å². The largest absolute Gasteiger partial charge is 0.392 e. The highest BCUT2D eigenvalue weighted by Crippen LogP contribution is 2.65. The number of ketones is 1. The molecule has 0 aliphatic heterocycles. The second-order valence-electron chi connectivity index (χ2n) is 7.98. The third-order valence-corrected chi connectivity index (χ3v) is 7.22. The van der Waals surface area contributed by atoms with Gasteiger partial charge in [0.15, 0.2) is 5.78 Å². The minimum atomic E-state index is -1.33. The van der Waals surface area contributed by atoms with Crippen LogP contribution in [-0.2, 0) is 17.8 Å². The SMILES string of the molecule is O=C(Cc1cncc(CO)c1)c1cc(NC(=O)[C@H]2[C@H](c3cc(Cl)cc(Cl)c3)C2(Cl)Cl)ccc1Cl. The minimum absolute atomic E-state index is 0.0324. The lowest BCUT2D eigenvalue weighted by Crippen LogP contribution is -2.17. The van der Waals surface area contributed by atoms with Gasteiger partial charge in [-0.05, 0) is 59.2 Å². The lowest BCUT2D eigenvalue weighted by molar-refractivity contribution is -0.117. The molecule has 0 unspecified atom stereocenters. The number of nitrogens with one attached hydrogen (secondary N) is 1. The first-order chi connectivity index (χ1) is 16.1. The maximum Gasteiger partial charge on any atom is 0.231 e. The Hall–Kier alpha value is -1.86. The number of benzene rings is 2. The molecular weight excluding hydrogens is 542 g/mol. The summed E-state index contributed by atoms with van der Waals surface area (Å²) in [6.45, 7) is -0.177. The smallest absolute Gasteiger partial charge is 0.231 e. The molecule has 1 fully saturated rings. The first-order valence-electron chi connectivity index (χ1n) is 10.1. The van der Waals surface area contributed by atoms with Crippen LogP contribution in [0.25, 0.3) is 0 Å². The summed E-state index contributed by atoms with van der Waals surface area (Å²) in [6, 6.07) is 11.2. The average molecular weight is 559 g/mol. The minimum Gasteiger partial charge on any atom is -0.392 e. The van der Waals surface area contributed by atoms with E-state index in [1.54, 1.807) is 36.5 Å². The quantitative estimate of drug-likeness (QED) is 0.257. The summed E-state index contributed by atoms with van der Waals surface area (Å²) in [6.07, 6.45) is 3.10. The molecule has 2 aromatic carbocycles. The van der Waals surface area contributed by atoms with Gasteiger partial charge in [0.2, 0.25) is 5.91 Å². The summed E-state index contributed by atoms with van der Waals surface area (Å²) in [4.78, 5) is 29.9. The number of carbonyl (C=O) groups excluding carboxylic acids is 2. The maximum atomic E-state index is 13.0. The predicted octanol–water partition coefficient (Wildman–Crippen LogP) is 6.49. The Morgan fingerprint density at radius 1 is 0.971 bits per heavy atom. The highest BCUT2D eigenvalue weighted by Gasteiger charge is 2.67. The molecule has 1 saturated carbocycles. The van der Waals surface area contributed by atoms with E-state index in [1.165, 1.54) is 18.3 Å². The van der Waals surface area contributed by atoms with Gasteiger partial charge in [-0.3, -0.25) is 14.6 Å². The number of aromatic nitrogens is 1. The zero-order valence-electron chi connectivity index (χ0n) is 17.4. The Morgan fingerprint density at radius 3 is 2.32 bits per heavy atom.